The van der Waals surface area contributed by atoms with Crippen molar-refractivity contribution in [2.24, 2.45) is 10.9 Å². The van der Waals surface area contributed by atoms with Gasteiger partial charge in [-0.2, -0.15) is 8.78 Å². The molecule has 0 aliphatic heterocycles. The lowest BCUT2D eigenvalue weighted by atomic mass is 10.0. The van der Waals surface area contributed by atoms with E-state index >= 15 is 0 Å². The molecule has 0 bridgehead atoms. The lowest BCUT2D eigenvalue weighted by Crippen LogP contribution is -2.41. The zero-order valence-corrected chi connectivity index (χ0v) is 17.5. The van der Waals surface area contributed by atoms with E-state index in [2.05, 4.69) is 39.1 Å². The van der Waals surface area contributed by atoms with Crippen molar-refractivity contribution in [3.8, 4) is 5.75 Å². The molecule has 0 heterocycles. The summed E-state index contributed by atoms with van der Waals surface area (Å²) in [7, 11) is 4.10. The molecule has 1 aromatic rings. The molecular formula is C20H34F2N4O2. The van der Waals surface area contributed by atoms with E-state index in [0.29, 0.717) is 36.6 Å². The number of aliphatic hydroxyl groups is 1. The summed E-state index contributed by atoms with van der Waals surface area (Å²) in [4.78, 5) is 6.81. The van der Waals surface area contributed by atoms with Crippen LogP contribution in [0.1, 0.15) is 38.9 Å². The third-order valence-corrected chi connectivity index (χ3v) is 4.23. The van der Waals surface area contributed by atoms with Crippen molar-refractivity contribution in [1.82, 2.24) is 15.5 Å². The Bertz CT molecular complexity index is 580. The highest BCUT2D eigenvalue weighted by Gasteiger charge is 2.14. The van der Waals surface area contributed by atoms with Gasteiger partial charge in [0.1, 0.15) is 5.75 Å². The zero-order valence-electron chi connectivity index (χ0n) is 17.5. The third-order valence-electron chi connectivity index (χ3n) is 4.23. The van der Waals surface area contributed by atoms with Crippen LogP contribution in [0.2, 0.25) is 0 Å². The summed E-state index contributed by atoms with van der Waals surface area (Å²) in [5.41, 5.74) is 0.607. The molecule has 2 atom stereocenters. The molecule has 0 radical (unpaired) electrons. The SMILES string of the molecule is CCNC(=NCC(CC(C)C)N(C)C)NCC(O)c1ccc(OC(F)F)cc1. The number of nitrogens with zero attached hydrogens (tertiary/aromatic N) is 2. The van der Waals surface area contributed by atoms with Gasteiger partial charge in [0.25, 0.3) is 0 Å². The Hall–Kier alpha value is -1.93. The number of aliphatic hydroxyl groups excluding tert-OH is 1. The molecule has 0 saturated carbocycles. The quantitative estimate of drug-likeness (QED) is 0.394. The van der Waals surface area contributed by atoms with Crippen LogP contribution in [0.15, 0.2) is 29.3 Å². The van der Waals surface area contributed by atoms with Gasteiger partial charge in [0, 0.05) is 19.1 Å². The highest BCUT2D eigenvalue weighted by Crippen LogP contribution is 2.19. The maximum Gasteiger partial charge on any atom is 0.387 e. The molecule has 0 aromatic heterocycles. The van der Waals surface area contributed by atoms with E-state index in [1.165, 1.54) is 12.1 Å². The number of nitrogens with one attached hydrogen (secondary N) is 2. The summed E-state index contributed by atoms with van der Waals surface area (Å²) in [6.45, 7) is 5.10. The van der Waals surface area contributed by atoms with Crippen molar-refractivity contribution in [3.05, 3.63) is 29.8 Å². The van der Waals surface area contributed by atoms with Crippen LogP contribution >= 0.6 is 0 Å². The average molecular weight is 401 g/mol. The Morgan fingerprint density at radius 2 is 1.82 bits per heavy atom. The Labute approximate surface area is 167 Å². The van der Waals surface area contributed by atoms with Crippen LogP contribution in [0.4, 0.5) is 8.78 Å². The number of hydrogen-bond donors (Lipinski definition) is 3. The van der Waals surface area contributed by atoms with Crippen LogP contribution in [0.25, 0.3) is 0 Å². The molecule has 8 heteroatoms. The van der Waals surface area contributed by atoms with Crippen LogP contribution in [-0.2, 0) is 0 Å². The van der Waals surface area contributed by atoms with Gasteiger partial charge in [0.2, 0.25) is 0 Å². The van der Waals surface area contributed by atoms with E-state index < -0.39 is 12.7 Å². The van der Waals surface area contributed by atoms with Crippen molar-refractivity contribution < 1.29 is 18.6 Å². The van der Waals surface area contributed by atoms with Gasteiger partial charge in [-0.15, -0.1) is 0 Å². The van der Waals surface area contributed by atoms with Crippen LogP contribution in [0.5, 0.6) is 5.75 Å². The second-order valence-corrected chi connectivity index (χ2v) is 7.31. The molecular weight excluding hydrogens is 366 g/mol. The molecule has 0 aliphatic carbocycles. The van der Waals surface area contributed by atoms with E-state index in [1.54, 1.807) is 12.1 Å². The highest BCUT2D eigenvalue weighted by atomic mass is 19.3. The monoisotopic (exact) mass is 400 g/mol. The first-order chi connectivity index (χ1) is 13.2. The number of ether oxygens (including phenoxy) is 1. The van der Waals surface area contributed by atoms with Crippen molar-refractivity contribution in [2.75, 3.05) is 33.7 Å². The molecule has 3 N–H and O–H groups in total. The Kier molecular flexibility index (Phi) is 10.8. The van der Waals surface area contributed by atoms with Gasteiger partial charge in [-0.1, -0.05) is 26.0 Å². The Balaban J connectivity index is 2.65. The van der Waals surface area contributed by atoms with Gasteiger partial charge in [-0.3, -0.25) is 4.99 Å². The first-order valence-electron chi connectivity index (χ1n) is 9.64. The third kappa shape index (κ3) is 9.32. The minimum atomic E-state index is -2.86. The molecule has 28 heavy (non-hydrogen) atoms. The van der Waals surface area contributed by atoms with E-state index in [1.807, 2.05) is 21.0 Å². The minimum Gasteiger partial charge on any atom is -0.435 e. The standard InChI is InChI=1S/C20H34F2N4O2/c1-6-23-20(24-12-16(26(4)5)11-14(2)3)25-13-18(27)15-7-9-17(10-8-15)28-19(21)22/h7-10,14,16,18-19,27H,6,11-13H2,1-5H3,(H2,23,24,25). The predicted molar refractivity (Wildman–Crippen MR) is 109 cm³/mol. The Morgan fingerprint density at radius 1 is 1.18 bits per heavy atom. The lowest BCUT2D eigenvalue weighted by molar-refractivity contribution is -0.0498. The van der Waals surface area contributed by atoms with E-state index in [0.717, 1.165) is 6.42 Å². The molecule has 160 valence electrons. The smallest absolute Gasteiger partial charge is 0.387 e. The molecule has 0 fully saturated rings. The van der Waals surface area contributed by atoms with Crippen molar-refractivity contribution in [1.29, 1.82) is 0 Å². The van der Waals surface area contributed by atoms with Gasteiger partial charge in [-0.05, 0) is 51.1 Å². The maximum atomic E-state index is 12.2. The summed E-state index contributed by atoms with van der Waals surface area (Å²) < 4.78 is 28.7. The van der Waals surface area contributed by atoms with Crippen molar-refractivity contribution in [2.45, 2.75) is 45.9 Å². The fourth-order valence-electron chi connectivity index (χ4n) is 2.71. The second-order valence-electron chi connectivity index (χ2n) is 7.31. The Morgan fingerprint density at radius 3 is 2.32 bits per heavy atom. The van der Waals surface area contributed by atoms with Gasteiger partial charge in [0.15, 0.2) is 5.96 Å². The van der Waals surface area contributed by atoms with Gasteiger partial charge in [-0.25, -0.2) is 0 Å². The van der Waals surface area contributed by atoms with E-state index in [4.69, 9.17) is 0 Å². The number of likely N-dealkylation sites (N-methyl/N-ethyl adjacent to an activating group) is 1. The van der Waals surface area contributed by atoms with Gasteiger partial charge < -0.3 is 25.4 Å². The first-order valence-corrected chi connectivity index (χ1v) is 9.64. The molecule has 2 unspecified atom stereocenters. The first kappa shape index (κ1) is 24.1. The summed E-state index contributed by atoms with van der Waals surface area (Å²) >= 11 is 0. The van der Waals surface area contributed by atoms with Crippen molar-refractivity contribution >= 4 is 5.96 Å². The van der Waals surface area contributed by atoms with E-state index in [-0.39, 0.29) is 12.3 Å². The molecule has 1 aromatic carbocycles. The molecule has 0 aliphatic rings. The normalized spacial score (nSPS) is 14.5. The van der Waals surface area contributed by atoms with Gasteiger partial charge in [0.05, 0.1) is 12.6 Å². The predicted octanol–water partition coefficient (Wildman–Crippen LogP) is 2.85. The number of hydrogen-bond acceptors (Lipinski definition) is 4. The number of halogens is 2. The number of rotatable bonds is 11. The fraction of sp³-hybridized carbons (Fsp3) is 0.650. The van der Waals surface area contributed by atoms with Crippen LogP contribution in [0, 0.1) is 5.92 Å². The van der Waals surface area contributed by atoms with Crippen LogP contribution in [0.3, 0.4) is 0 Å². The van der Waals surface area contributed by atoms with Crippen LogP contribution < -0.4 is 15.4 Å². The second kappa shape index (κ2) is 12.5. The minimum absolute atomic E-state index is 0.0636. The number of guanidine groups is 1. The topological polar surface area (TPSA) is 69.1 Å². The fourth-order valence-corrected chi connectivity index (χ4v) is 2.71. The number of alkyl halides is 2. The summed E-state index contributed by atoms with van der Waals surface area (Å²) in [5, 5.41) is 16.7. The summed E-state index contributed by atoms with van der Waals surface area (Å²) in [6, 6.07) is 6.30. The average Bonchev–Trinajstić information content (AvgIpc) is 2.62. The highest BCUT2D eigenvalue weighted by molar-refractivity contribution is 5.79. The number of aliphatic imine (C=N–C) groups is 1. The lowest BCUT2D eigenvalue weighted by Gasteiger charge is -2.25. The summed E-state index contributed by atoms with van der Waals surface area (Å²) in [5.74, 6) is 1.28. The van der Waals surface area contributed by atoms with Crippen LogP contribution in [-0.4, -0.2) is 62.3 Å². The largest absolute Gasteiger partial charge is 0.435 e. The molecule has 0 saturated heterocycles. The van der Waals surface area contributed by atoms with Crippen molar-refractivity contribution in [3.63, 3.8) is 0 Å². The van der Waals surface area contributed by atoms with Gasteiger partial charge >= 0.3 is 6.61 Å². The molecule has 0 spiro atoms. The summed E-state index contributed by atoms with van der Waals surface area (Å²) in [6.07, 6.45) is 0.246. The molecule has 0 amide bonds. The molecule has 1 rings (SSSR count). The van der Waals surface area contributed by atoms with E-state index in [9.17, 15) is 13.9 Å². The zero-order chi connectivity index (χ0) is 21.1. The molecule has 6 nitrogen and oxygen atoms in total. The maximum absolute atomic E-state index is 12.2. The number of benzene rings is 1.